The van der Waals surface area contributed by atoms with Gasteiger partial charge in [-0.15, -0.1) is 0 Å². The SMILES string of the molecule is CCCCCCCCCCCCCC(=O)CN(CCN(CCN(CCN(CC(=O)NCCCCCCCCCCCC)CC(=O)NCCCCCCCCCCCC)CC(=O)NCCCCCCCCCCCC)CC(=O)NCCCCCCCCCCCC)CC(=O)NCCCCCCCCCCCC. The molecular formula is C91H181N9O6. The molecule has 626 valence electrons. The molecule has 0 spiro atoms. The van der Waals surface area contributed by atoms with E-state index in [2.05, 4.69) is 77.9 Å². The van der Waals surface area contributed by atoms with E-state index in [1.54, 1.807) is 0 Å². The van der Waals surface area contributed by atoms with Gasteiger partial charge >= 0.3 is 0 Å². The molecule has 15 nitrogen and oxygen atoms in total. The highest BCUT2D eigenvalue weighted by Crippen LogP contribution is 2.17. The second-order valence-electron chi connectivity index (χ2n) is 32.5. The zero-order valence-electron chi connectivity index (χ0n) is 71.6. The smallest absolute Gasteiger partial charge is 0.234 e. The monoisotopic (exact) mass is 1500 g/mol. The van der Waals surface area contributed by atoms with Gasteiger partial charge in [0.1, 0.15) is 5.78 Å². The first-order chi connectivity index (χ1) is 52.0. The van der Waals surface area contributed by atoms with E-state index < -0.39 is 0 Å². The molecule has 0 atom stereocenters. The number of nitrogens with one attached hydrogen (secondary N) is 5. The van der Waals surface area contributed by atoms with E-state index in [-0.39, 0.29) is 74.6 Å². The van der Waals surface area contributed by atoms with E-state index in [0.29, 0.717) is 78.4 Å². The minimum atomic E-state index is -0.0940. The standard InChI is InChI=1S/C91H181N9O6/c1-7-13-19-25-31-37-43-44-50-56-62-68-86(101)80-99(83-89(104)94-71-65-59-53-47-40-34-28-22-16-10-4)78-76-97(81-87(102)92-69-63-57-51-45-38-32-26-20-14-8-2)74-75-98(82-88(103)93-70-64-58-52-46-39-33-27-21-15-9-3)77-79-100(84-90(105)95-72-66-60-54-48-41-35-29-23-17-11-5)85-91(106)96-73-67-61-55-49-42-36-30-24-18-12-6/h7-85H2,1-6H3,(H,92,102)(H,93,103)(H,94,104)(H,95,105)(H,96,106). The fourth-order valence-electron chi connectivity index (χ4n) is 14.6. The van der Waals surface area contributed by atoms with Crippen molar-refractivity contribution >= 4 is 35.3 Å². The molecule has 5 N–H and O–H groups in total. The molecule has 0 fully saturated rings. The lowest BCUT2D eigenvalue weighted by molar-refractivity contribution is -0.127. The van der Waals surface area contributed by atoms with Crippen LogP contribution in [0.4, 0.5) is 0 Å². The molecule has 0 aliphatic rings. The molecule has 0 rings (SSSR count). The lowest BCUT2D eigenvalue weighted by Crippen LogP contribution is -2.50. The van der Waals surface area contributed by atoms with E-state index in [1.165, 1.54) is 308 Å². The Balaban J connectivity index is 6.79. The molecule has 0 saturated carbocycles. The van der Waals surface area contributed by atoms with Crippen LogP contribution in [-0.2, 0) is 28.8 Å². The summed E-state index contributed by atoms with van der Waals surface area (Å²) in [6, 6.07) is 0. The quantitative estimate of drug-likeness (QED) is 0.0369. The first kappa shape index (κ1) is 103. The Bertz CT molecular complexity index is 1700. The van der Waals surface area contributed by atoms with Crippen molar-refractivity contribution < 1.29 is 28.8 Å². The zero-order chi connectivity index (χ0) is 77.2. The van der Waals surface area contributed by atoms with Gasteiger partial charge in [0.05, 0.1) is 39.3 Å². The largest absolute Gasteiger partial charge is 0.355 e. The van der Waals surface area contributed by atoms with Gasteiger partial charge < -0.3 is 26.6 Å². The van der Waals surface area contributed by atoms with Crippen molar-refractivity contribution in [3.05, 3.63) is 0 Å². The molecule has 0 aromatic carbocycles. The molecule has 0 radical (unpaired) electrons. The second-order valence-corrected chi connectivity index (χ2v) is 32.5. The number of carbonyl (C=O) groups is 6. The van der Waals surface area contributed by atoms with Crippen molar-refractivity contribution in [2.24, 2.45) is 0 Å². The molecule has 5 amide bonds. The van der Waals surface area contributed by atoms with Crippen LogP contribution in [0.1, 0.15) is 440 Å². The van der Waals surface area contributed by atoms with Crippen molar-refractivity contribution in [1.82, 2.24) is 46.2 Å². The number of unbranched alkanes of at least 4 members (excludes halogenated alkanes) is 55. The van der Waals surface area contributed by atoms with Gasteiger partial charge in [-0.05, 0) is 38.5 Å². The van der Waals surface area contributed by atoms with Crippen LogP contribution in [0.5, 0.6) is 0 Å². The van der Waals surface area contributed by atoms with Crippen LogP contribution in [0, 0.1) is 0 Å². The fourth-order valence-corrected chi connectivity index (χ4v) is 14.6. The van der Waals surface area contributed by atoms with Crippen LogP contribution in [0.2, 0.25) is 0 Å². The van der Waals surface area contributed by atoms with Gasteiger partial charge in [-0.25, -0.2) is 0 Å². The number of amides is 5. The molecule has 0 saturated heterocycles. The van der Waals surface area contributed by atoms with Crippen LogP contribution in [0.25, 0.3) is 0 Å². The molecule has 106 heavy (non-hydrogen) atoms. The summed E-state index contributed by atoms with van der Waals surface area (Å²) in [4.78, 5) is 92.1. The highest BCUT2D eigenvalue weighted by atomic mass is 16.2. The average molecular weight is 1500 g/mol. The maximum absolute atomic E-state index is 14.1. The Morgan fingerprint density at radius 2 is 0.311 bits per heavy atom. The maximum Gasteiger partial charge on any atom is 0.234 e. The summed E-state index contributed by atoms with van der Waals surface area (Å²) in [5, 5.41) is 16.1. The van der Waals surface area contributed by atoms with Gasteiger partial charge in [0.25, 0.3) is 0 Å². The zero-order valence-corrected chi connectivity index (χ0v) is 71.6. The summed E-state index contributed by atoms with van der Waals surface area (Å²) in [5.74, 6) is -0.216. The van der Waals surface area contributed by atoms with Gasteiger partial charge in [-0.1, -0.05) is 395 Å². The highest BCUT2D eigenvalue weighted by Gasteiger charge is 2.22. The number of rotatable bonds is 88. The van der Waals surface area contributed by atoms with Crippen molar-refractivity contribution in [2.45, 2.75) is 440 Å². The van der Waals surface area contributed by atoms with Crippen LogP contribution in [0.15, 0.2) is 0 Å². The molecule has 0 aromatic rings. The summed E-state index contributed by atoms with van der Waals surface area (Å²) in [6.45, 7) is 20.0. The van der Waals surface area contributed by atoms with Crippen LogP contribution in [0.3, 0.4) is 0 Å². The first-order valence-electron chi connectivity index (χ1n) is 46.8. The number of carbonyl (C=O) groups excluding carboxylic acids is 6. The number of nitrogens with zero attached hydrogens (tertiary/aromatic N) is 4. The van der Waals surface area contributed by atoms with E-state index in [1.807, 2.05) is 9.80 Å². The van der Waals surface area contributed by atoms with E-state index in [0.717, 1.165) is 83.5 Å². The van der Waals surface area contributed by atoms with Crippen molar-refractivity contribution in [1.29, 1.82) is 0 Å². The Morgan fingerprint density at radius 1 is 0.170 bits per heavy atom. The number of Topliss-reactive ketones (excluding diaryl/α,β-unsaturated/α-hetero) is 1. The Hall–Kier alpha value is -3.14. The van der Waals surface area contributed by atoms with Crippen molar-refractivity contribution in [3.63, 3.8) is 0 Å². The first-order valence-corrected chi connectivity index (χ1v) is 46.8. The molecule has 0 bridgehead atoms. The van der Waals surface area contributed by atoms with Gasteiger partial charge in [0, 0.05) is 78.4 Å². The topological polar surface area (TPSA) is 176 Å². The Labute approximate surface area is 657 Å². The minimum absolute atomic E-state index is 0.0520. The summed E-state index contributed by atoms with van der Waals surface area (Å²) >= 11 is 0. The third-order valence-corrected chi connectivity index (χ3v) is 21.8. The van der Waals surface area contributed by atoms with Gasteiger partial charge in [-0.3, -0.25) is 48.4 Å². The molecular weight excluding hydrogens is 1320 g/mol. The Kier molecular flexibility index (Phi) is 81.8. The molecule has 0 heterocycles. The third-order valence-electron chi connectivity index (χ3n) is 21.8. The van der Waals surface area contributed by atoms with Gasteiger partial charge in [0.2, 0.25) is 29.5 Å². The Morgan fingerprint density at radius 3 is 0.500 bits per heavy atom. The number of hydrogen-bond donors (Lipinski definition) is 5. The second kappa shape index (κ2) is 84.3. The summed E-state index contributed by atoms with van der Waals surface area (Å²) in [5.41, 5.74) is 0. The summed E-state index contributed by atoms with van der Waals surface area (Å²) < 4.78 is 0. The molecule has 15 heteroatoms. The van der Waals surface area contributed by atoms with Crippen LogP contribution < -0.4 is 26.6 Å². The van der Waals surface area contributed by atoms with E-state index in [4.69, 9.17) is 0 Å². The number of ketones is 1. The fraction of sp³-hybridized carbons (Fsp3) is 0.934. The van der Waals surface area contributed by atoms with Crippen LogP contribution >= 0.6 is 0 Å². The van der Waals surface area contributed by atoms with Gasteiger partial charge in [0.15, 0.2) is 0 Å². The van der Waals surface area contributed by atoms with Crippen molar-refractivity contribution in [2.75, 3.05) is 111 Å². The number of hydrogen-bond acceptors (Lipinski definition) is 10. The van der Waals surface area contributed by atoms with Crippen molar-refractivity contribution in [3.8, 4) is 0 Å². The molecule has 0 aliphatic heterocycles. The molecule has 0 aliphatic carbocycles. The highest BCUT2D eigenvalue weighted by molar-refractivity contribution is 5.83. The van der Waals surface area contributed by atoms with Gasteiger partial charge in [-0.2, -0.15) is 0 Å². The lowest BCUT2D eigenvalue weighted by Gasteiger charge is -2.30. The molecule has 0 aromatic heterocycles. The summed E-state index contributed by atoms with van der Waals surface area (Å²) in [7, 11) is 0. The van der Waals surface area contributed by atoms with E-state index in [9.17, 15) is 28.8 Å². The normalized spacial score (nSPS) is 11.6. The van der Waals surface area contributed by atoms with Crippen LogP contribution in [-0.4, -0.2) is 166 Å². The molecule has 0 unspecified atom stereocenters. The average Bonchev–Trinajstić information content (AvgIpc) is 0.946. The minimum Gasteiger partial charge on any atom is -0.355 e. The lowest BCUT2D eigenvalue weighted by atomic mass is 10.0. The maximum atomic E-state index is 14.1. The predicted molar refractivity (Wildman–Crippen MR) is 456 cm³/mol. The predicted octanol–water partition coefficient (Wildman–Crippen LogP) is 21.7. The summed E-state index contributed by atoms with van der Waals surface area (Å²) in [6.07, 6.45) is 75.1. The third kappa shape index (κ3) is 77.6. The van der Waals surface area contributed by atoms with E-state index >= 15 is 0 Å².